The molecule has 0 fully saturated rings. The van der Waals surface area contributed by atoms with Crippen molar-refractivity contribution in [3.8, 4) is 0 Å². The Labute approximate surface area is 151 Å². The molecule has 8 heteroatoms. The van der Waals surface area contributed by atoms with Crippen LogP contribution in [0.4, 0.5) is 5.69 Å². The maximum Gasteiger partial charge on any atom is 0.234 e. The molecule has 134 valence electrons. The smallest absolute Gasteiger partial charge is 0.234 e. The molecular weight excluding hydrogens is 338 g/mol. The van der Waals surface area contributed by atoms with Crippen LogP contribution in [0.25, 0.3) is 0 Å². The van der Waals surface area contributed by atoms with Crippen LogP contribution in [0.2, 0.25) is 0 Å². The molecule has 0 aliphatic carbocycles. The second kappa shape index (κ2) is 8.66. The highest BCUT2D eigenvalue weighted by Crippen LogP contribution is 2.24. The lowest BCUT2D eigenvalue weighted by atomic mass is 10.0. The minimum Gasteiger partial charge on any atom is -0.370 e. The molecule has 25 heavy (non-hydrogen) atoms. The van der Waals surface area contributed by atoms with Crippen LogP contribution in [0.1, 0.15) is 37.6 Å². The number of aryl methyl sites for hydroxylation is 1. The van der Waals surface area contributed by atoms with Gasteiger partial charge in [0.15, 0.2) is 5.16 Å². The normalized spacial score (nSPS) is 10.9. The minimum absolute atomic E-state index is 0.0974. The quantitative estimate of drug-likeness (QED) is 0.701. The third-order valence-corrected chi connectivity index (χ3v) is 4.73. The molecule has 0 radical (unpaired) electrons. The SMILES string of the molecule is CC(C)c1ccccc1NC(=O)CSc1nnc(CCC(N)=O)n1C. The van der Waals surface area contributed by atoms with Crippen molar-refractivity contribution in [1.29, 1.82) is 0 Å². The molecular formula is C17H23N5O2S. The Balaban J connectivity index is 1.94. The number of aromatic nitrogens is 3. The molecule has 0 atom stereocenters. The van der Waals surface area contributed by atoms with Gasteiger partial charge < -0.3 is 15.6 Å². The summed E-state index contributed by atoms with van der Waals surface area (Å²) in [5.41, 5.74) is 7.09. The zero-order valence-electron chi connectivity index (χ0n) is 14.7. The number of amides is 2. The van der Waals surface area contributed by atoms with E-state index in [9.17, 15) is 9.59 Å². The van der Waals surface area contributed by atoms with Gasteiger partial charge in [0.05, 0.1) is 5.75 Å². The van der Waals surface area contributed by atoms with Gasteiger partial charge in [-0.15, -0.1) is 10.2 Å². The number of para-hydroxylation sites is 1. The zero-order chi connectivity index (χ0) is 18.4. The monoisotopic (exact) mass is 361 g/mol. The Morgan fingerprint density at radius 3 is 2.68 bits per heavy atom. The Bertz CT molecular complexity index is 757. The van der Waals surface area contributed by atoms with Gasteiger partial charge in [0.25, 0.3) is 0 Å². The fourth-order valence-corrected chi connectivity index (χ4v) is 3.08. The summed E-state index contributed by atoms with van der Waals surface area (Å²) >= 11 is 1.30. The van der Waals surface area contributed by atoms with Gasteiger partial charge in [-0.3, -0.25) is 9.59 Å². The number of nitrogens with one attached hydrogen (secondary N) is 1. The lowest BCUT2D eigenvalue weighted by Gasteiger charge is -2.13. The number of hydrogen-bond acceptors (Lipinski definition) is 5. The number of nitrogens with two attached hydrogens (primary N) is 1. The minimum atomic E-state index is -0.375. The molecule has 2 rings (SSSR count). The van der Waals surface area contributed by atoms with E-state index in [2.05, 4.69) is 29.4 Å². The van der Waals surface area contributed by atoms with Crippen LogP contribution in [-0.2, 0) is 23.1 Å². The fraction of sp³-hybridized carbons (Fsp3) is 0.412. The number of primary amides is 1. The summed E-state index contributed by atoms with van der Waals surface area (Å²) in [6.07, 6.45) is 0.663. The Hall–Kier alpha value is -2.35. The van der Waals surface area contributed by atoms with Crippen LogP contribution in [-0.4, -0.2) is 32.3 Å². The van der Waals surface area contributed by atoms with Gasteiger partial charge in [-0.25, -0.2) is 0 Å². The van der Waals surface area contributed by atoms with Crippen LogP contribution in [0, 0.1) is 0 Å². The van der Waals surface area contributed by atoms with E-state index in [-0.39, 0.29) is 24.0 Å². The number of thioether (sulfide) groups is 1. The fourth-order valence-electron chi connectivity index (χ4n) is 2.35. The number of benzene rings is 1. The first kappa shape index (κ1) is 19.0. The highest BCUT2D eigenvalue weighted by Gasteiger charge is 2.13. The van der Waals surface area contributed by atoms with Crippen molar-refractivity contribution < 1.29 is 9.59 Å². The first-order valence-electron chi connectivity index (χ1n) is 8.06. The summed E-state index contributed by atoms with van der Waals surface area (Å²) < 4.78 is 1.78. The number of nitrogens with zero attached hydrogens (tertiary/aromatic N) is 3. The standard InChI is InChI=1S/C17H23N5O2S/c1-11(2)12-6-4-5-7-13(12)19-16(24)10-25-17-21-20-15(22(17)3)9-8-14(18)23/h4-7,11H,8-10H2,1-3H3,(H2,18,23)(H,19,24). The predicted octanol–water partition coefficient (Wildman–Crippen LogP) is 2.09. The summed E-state index contributed by atoms with van der Waals surface area (Å²) in [6, 6.07) is 7.79. The van der Waals surface area contributed by atoms with Gasteiger partial charge in [-0.1, -0.05) is 43.8 Å². The van der Waals surface area contributed by atoms with Crippen molar-refractivity contribution in [3.05, 3.63) is 35.7 Å². The maximum atomic E-state index is 12.2. The molecule has 2 amide bonds. The first-order valence-corrected chi connectivity index (χ1v) is 9.05. The van der Waals surface area contributed by atoms with Crippen molar-refractivity contribution in [2.75, 3.05) is 11.1 Å². The van der Waals surface area contributed by atoms with Gasteiger partial charge in [0.2, 0.25) is 11.8 Å². The van der Waals surface area contributed by atoms with E-state index in [1.165, 1.54) is 11.8 Å². The van der Waals surface area contributed by atoms with Crippen molar-refractivity contribution in [2.24, 2.45) is 12.8 Å². The average Bonchev–Trinajstić information content (AvgIpc) is 2.91. The predicted molar refractivity (Wildman–Crippen MR) is 98.4 cm³/mol. The molecule has 0 bridgehead atoms. The maximum absolute atomic E-state index is 12.2. The molecule has 0 saturated carbocycles. The highest BCUT2D eigenvalue weighted by atomic mass is 32.2. The molecule has 0 aliphatic rings. The van der Waals surface area contributed by atoms with E-state index in [0.29, 0.717) is 23.3 Å². The van der Waals surface area contributed by atoms with E-state index in [0.717, 1.165) is 11.3 Å². The lowest BCUT2D eigenvalue weighted by Crippen LogP contribution is -2.16. The first-order chi connectivity index (χ1) is 11.9. The van der Waals surface area contributed by atoms with Gasteiger partial charge in [-0.05, 0) is 17.5 Å². The molecule has 2 aromatic rings. The molecule has 3 N–H and O–H groups in total. The summed E-state index contributed by atoms with van der Waals surface area (Å²) in [6.45, 7) is 4.18. The number of anilines is 1. The second-order valence-electron chi connectivity index (χ2n) is 6.00. The molecule has 0 saturated heterocycles. The van der Waals surface area contributed by atoms with Gasteiger partial charge in [0.1, 0.15) is 5.82 Å². The Morgan fingerprint density at radius 2 is 2.00 bits per heavy atom. The summed E-state index contributed by atoms with van der Waals surface area (Å²) in [4.78, 5) is 23.1. The molecule has 1 heterocycles. The van der Waals surface area contributed by atoms with Crippen molar-refractivity contribution >= 4 is 29.3 Å². The Kier molecular flexibility index (Phi) is 6.58. The summed E-state index contributed by atoms with van der Waals surface area (Å²) in [5, 5.41) is 11.7. The summed E-state index contributed by atoms with van der Waals surface area (Å²) in [5.74, 6) is 0.761. The molecule has 1 aromatic heterocycles. The van der Waals surface area contributed by atoms with Crippen molar-refractivity contribution in [3.63, 3.8) is 0 Å². The van der Waals surface area contributed by atoms with Gasteiger partial charge in [0, 0.05) is 25.6 Å². The van der Waals surface area contributed by atoms with Crippen LogP contribution in [0.15, 0.2) is 29.4 Å². The number of carbonyl (C=O) groups excluding carboxylic acids is 2. The van der Waals surface area contributed by atoms with Crippen LogP contribution in [0.3, 0.4) is 0 Å². The molecule has 0 spiro atoms. The van der Waals surface area contributed by atoms with Crippen LogP contribution < -0.4 is 11.1 Å². The van der Waals surface area contributed by atoms with Gasteiger partial charge >= 0.3 is 0 Å². The van der Waals surface area contributed by atoms with Crippen molar-refractivity contribution in [2.45, 2.75) is 37.8 Å². The van der Waals surface area contributed by atoms with Gasteiger partial charge in [-0.2, -0.15) is 0 Å². The second-order valence-corrected chi connectivity index (χ2v) is 6.95. The lowest BCUT2D eigenvalue weighted by molar-refractivity contribution is -0.118. The number of hydrogen-bond donors (Lipinski definition) is 2. The number of carbonyl (C=O) groups is 2. The molecule has 0 aliphatic heterocycles. The third kappa shape index (κ3) is 5.32. The van der Waals surface area contributed by atoms with E-state index in [1.54, 1.807) is 4.57 Å². The Morgan fingerprint density at radius 1 is 1.28 bits per heavy atom. The van der Waals surface area contributed by atoms with E-state index >= 15 is 0 Å². The molecule has 0 unspecified atom stereocenters. The molecule has 7 nitrogen and oxygen atoms in total. The highest BCUT2D eigenvalue weighted by molar-refractivity contribution is 7.99. The topological polar surface area (TPSA) is 103 Å². The van der Waals surface area contributed by atoms with E-state index in [1.807, 2.05) is 31.3 Å². The largest absolute Gasteiger partial charge is 0.370 e. The van der Waals surface area contributed by atoms with Crippen LogP contribution in [0.5, 0.6) is 0 Å². The number of rotatable bonds is 8. The third-order valence-electron chi connectivity index (χ3n) is 3.71. The van der Waals surface area contributed by atoms with Crippen LogP contribution >= 0.6 is 11.8 Å². The average molecular weight is 361 g/mol. The van der Waals surface area contributed by atoms with E-state index in [4.69, 9.17) is 5.73 Å². The van der Waals surface area contributed by atoms with Crippen molar-refractivity contribution in [1.82, 2.24) is 14.8 Å². The zero-order valence-corrected chi connectivity index (χ0v) is 15.5. The molecule has 1 aromatic carbocycles. The summed E-state index contributed by atoms with van der Waals surface area (Å²) in [7, 11) is 1.81. The van der Waals surface area contributed by atoms with E-state index < -0.39 is 0 Å².